The van der Waals surface area contributed by atoms with Crippen LogP contribution in [0.25, 0.3) is 10.9 Å². The fraction of sp³-hybridized carbons (Fsp3) is 0.500. The lowest BCUT2D eigenvalue weighted by Crippen LogP contribution is -2.47. The number of aromatic amines is 1. The van der Waals surface area contributed by atoms with Gasteiger partial charge in [0.2, 0.25) is 0 Å². The van der Waals surface area contributed by atoms with Crippen LogP contribution in [0.2, 0.25) is 0 Å². The van der Waals surface area contributed by atoms with Gasteiger partial charge in [-0.05, 0) is 31.7 Å². The average molecular weight is 299 g/mol. The molecular weight excluding hydrogens is 278 g/mol. The number of H-pyrrole nitrogens is 1. The zero-order valence-electron chi connectivity index (χ0n) is 13.2. The Hall–Kier alpha value is -2.08. The van der Waals surface area contributed by atoms with Crippen molar-refractivity contribution in [3.63, 3.8) is 0 Å². The lowest BCUT2D eigenvalue weighted by molar-refractivity contribution is 0.0646. The monoisotopic (exact) mass is 299 g/mol. The summed E-state index contributed by atoms with van der Waals surface area (Å²) in [5.74, 6) is 0.0597. The number of rotatable bonds is 2. The lowest BCUT2D eigenvalue weighted by atomic mass is 10.1. The maximum atomic E-state index is 12.9. The molecule has 2 aromatic rings. The number of aromatic nitrogens is 2. The van der Waals surface area contributed by atoms with Crippen molar-refractivity contribution in [2.24, 2.45) is 0 Å². The number of fused-ring (bicyclic) bond motifs is 3. The average Bonchev–Trinajstić information content (AvgIpc) is 3.18. The molecule has 2 fully saturated rings. The minimum atomic E-state index is 0.0597. The molecule has 1 N–H and O–H groups in total. The first-order valence-electron chi connectivity index (χ1n) is 7.71. The molecule has 1 amide bonds. The first kappa shape index (κ1) is 13.6. The van der Waals surface area contributed by atoms with Crippen molar-refractivity contribution >= 4 is 22.5 Å². The van der Waals surface area contributed by atoms with Gasteiger partial charge < -0.3 is 9.80 Å². The van der Waals surface area contributed by atoms with Crippen molar-refractivity contribution in [1.29, 1.82) is 0 Å². The molecule has 0 radical (unpaired) electrons. The maximum absolute atomic E-state index is 12.9. The van der Waals surface area contributed by atoms with E-state index in [4.69, 9.17) is 0 Å². The van der Waals surface area contributed by atoms with Crippen LogP contribution in [0.4, 0.5) is 5.69 Å². The van der Waals surface area contributed by atoms with Crippen LogP contribution < -0.4 is 4.90 Å². The van der Waals surface area contributed by atoms with Crippen LogP contribution in [0.15, 0.2) is 18.2 Å². The van der Waals surface area contributed by atoms with E-state index in [0.29, 0.717) is 17.8 Å². The van der Waals surface area contributed by atoms with E-state index < -0.39 is 0 Å². The van der Waals surface area contributed by atoms with Gasteiger partial charge in [0, 0.05) is 50.3 Å². The Morgan fingerprint density at radius 3 is 2.77 bits per heavy atom. The Bertz CT molecular complexity index is 735. The van der Waals surface area contributed by atoms with Gasteiger partial charge in [0.25, 0.3) is 5.91 Å². The van der Waals surface area contributed by atoms with Crippen LogP contribution in [0.5, 0.6) is 0 Å². The van der Waals surface area contributed by atoms with Gasteiger partial charge in [-0.2, -0.15) is 5.10 Å². The van der Waals surface area contributed by atoms with E-state index in [1.165, 1.54) is 0 Å². The fourth-order valence-corrected chi connectivity index (χ4v) is 3.70. The number of nitrogens with one attached hydrogen (secondary N) is 1. The number of anilines is 1. The quantitative estimate of drug-likeness (QED) is 0.904. The summed E-state index contributed by atoms with van der Waals surface area (Å²) >= 11 is 0. The maximum Gasteiger partial charge on any atom is 0.275 e. The number of amides is 1. The third-order valence-corrected chi connectivity index (χ3v) is 5.04. The number of likely N-dealkylation sites (N-methyl/N-ethyl adjacent to an activating group) is 1. The Labute approximate surface area is 129 Å². The van der Waals surface area contributed by atoms with Crippen LogP contribution in [0.1, 0.15) is 16.9 Å². The number of hydrogen-bond donors (Lipinski definition) is 1. The van der Waals surface area contributed by atoms with E-state index in [2.05, 4.69) is 22.1 Å². The molecule has 6 nitrogen and oxygen atoms in total. The highest BCUT2D eigenvalue weighted by atomic mass is 16.2. The standard InChI is InChI=1S/C16H21N5O/c1-19(2)10-4-5-13-14(7-10)17-18-15(13)16(22)21-9-11-6-12(21)8-20(11)3/h4-5,7,11-12H,6,8-9H2,1-3H3,(H,17,18). The zero-order chi connectivity index (χ0) is 15.4. The largest absolute Gasteiger partial charge is 0.378 e. The molecule has 116 valence electrons. The summed E-state index contributed by atoms with van der Waals surface area (Å²) < 4.78 is 0. The molecule has 2 atom stereocenters. The van der Waals surface area contributed by atoms with E-state index in [1.54, 1.807) is 0 Å². The highest BCUT2D eigenvalue weighted by Gasteiger charge is 2.44. The Kier molecular flexibility index (Phi) is 2.91. The molecular formula is C16H21N5O. The summed E-state index contributed by atoms with van der Waals surface area (Å²) in [6.45, 7) is 1.80. The minimum absolute atomic E-state index is 0.0597. The molecule has 1 aromatic heterocycles. The summed E-state index contributed by atoms with van der Waals surface area (Å²) in [5, 5.41) is 8.21. The first-order chi connectivity index (χ1) is 10.5. The summed E-state index contributed by atoms with van der Waals surface area (Å²) in [6, 6.07) is 6.90. The highest BCUT2D eigenvalue weighted by molar-refractivity contribution is 6.05. The van der Waals surface area contributed by atoms with Crippen LogP contribution >= 0.6 is 0 Å². The van der Waals surface area contributed by atoms with Gasteiger partial charge >= 0.3 is 0 Å². The molecule has 2 aliphatic rings. The van der Waals surface area contributed by atoms with Crippen molar-refractivity contribution in [2.75, 3.05) is 39.1 Å². The minimum Gasteiger partial charge on any atom is -0.378 e. The predicted octanol–water partition coefficient (Wildman–Crippen LogP) is 1.16. The highest BCUT2D eigenvalue weighted by Crippen LogP contribution is 2.31. The zero-order valence-corrected chi connectivity index (χ0v) is 13.2. The second kappa shape index (κ2) is 4.71. The summed E-state index contributed by atoms with van der Waals surface area (Å²) in [4.78, 5) is 19.2. The van der Waals surface area contributed by atoms with Crippen molar-refractivity contribution in [1.82, 2.24) is 20.0 Å². The SMILES string of the molecule is CN(C)c1ccc2c(C(=O)N3CC4CC3CN4C)n[nH]c2c1. The van der Waals surface area contributed by atoms with Crippen molar-refractivity contribution < 1.29 is 4.79 Å². The van der Waals surface area contributed by atoms with Crippen molar-refractivity contribution in [3.05, 3.63) is 23.9 Å². The van der Waals surface area contributed by atoms with E-state index in [-0.39, 0.29) is 5.91 Å². The summed E-state index contributed by atoms with van der Waals surface area (Å²) in [6.07, 6.45) is 1.09. The van der Waals surface area contributed by atoms with Crippen LogP contribution in [-0.2, 0) is 0 Å². The van der Waals surface area contributed by atoms with Crippen LogP contribution in [-0.4, -0.2) is 72.2 Å². The molecule has 0 aliphatic carbocycles. The van der Waals surface area contributed by atoms with Gasteiger partial charge in [0.15, 0.2) is 5.69 Å². The second-order valence-corrected chi connectivity index (χ2v) is 6.64. The molecule has 3 heterocycles. The van der Waals surface area contributed by atoms with Crippen molar-refractivity contribution in [2.45, 2.75) is 18.5 Å². The molecule has 22 heavy (non-hydrogen) atoms. The normalized spacial score (nSPS) is 24.4. The Balaban J connectivity index is 1.66. The number of carbonyl (C=O) groups excluding carboxylic acids is 1. The summed E-state index contributed by atoms with van der Waals surface area (Å²) in [5.41, 5.74) is 2.56. The second-order valence-electron chi connectivity index (χ2n) is 6.64. The van der Waals surface area contributed by atoms with Gasteiger partial charge in [-0.1, -0.05) is 0 Å². The molecule has 1 aromatic carbocycles. The number of piperazine rings is 1. The molecule has 2 bridgehead atoms. The van der Waals surface area contributed by atoms with E-state index in [9.17, 15) is 4.79 Å². The number of carbonyl (C=O) groups is 1. The predicted molar refractivity (Wildman–Crippen MR) is 86.3 cm³/mol. The van der Waals surface area contributed by atoms with E-state index in [1.807, 2.05) is 42.1 Å². The van der Waals surface area contributed by atoms with E-state index >= 15 is 0 Å². The summed E-state index contributed by atoms with van der Waals surface area (Å²) in [7, 11) is 6.14. The lowest BCUT2D eigenvalue weighted by Gasteiger charge is -2.31. The third-order valence-electron chi connectivity index (χ3n) is 5.04. The number of likely N-dealkylation sites (tertiary alicyclic amines) is 2. The smallest absolute Gasteiger partial charge is 0.275 e. The van der Waals surface area contributed by atoms with Crippen LogP contribution in [0, 0.1) is 0 Å². The van der Waals surface area contributed by atoms with Gasteiger partial charge in [0.05, 0.1) is 5.52 Å². The molecule has 2 unspecified atom stereocenters. The molecule has 2 saturated heterocycles. The van der Waals surface area contributed by atoms with Gasteiger partial charge in [0.1, 0.15) is 0 Å². The van der Waals surface area contributed by atoms with Crippen LogP contribution in [0.3, 0.4) is 0 Å². The Morgan fingerprint density at radius 1 is 1.32 bits per heavy atom. The third kappa shape index (κ3) is 1.90. The Morgan fingerprint density at radius 2 is 2.14 bits per heavy atom. The molecule has 6 heteroatoms. The number of nitrogens with zero attached hydrogens (tertiary/aromatic N) is 4. The van der Waals surface area contributed by atoms with E-state index in [0.717, 1.165) is 36.1 Å². The van der Waals surface area contributed by atoms with Gasteiger partial charge in [-0.15, -0.1) is 0 Å². The fourth-order valence-electron chi connectivity index (χ4n) is 3.70. The first-order valence-corrected chi connectivity index (χ1v) is 7.71. The number of benzene rings is 1. The van der Waals surface area contributed by atoms with Crippen molar-refractivity contribution in [3.8, 4) is 0 Å². The molecule has 0 saturated carbocycles. The van der Waals surface area contributed by atoms with Gasteiger partial charge in [-0.3, -0.25) is 14.8 Å². The van der Waals surface area contributed by atoms with Gasteiger partial charge in [-0.25, -0.2) is 0 Å². The molecule has 4 rings (SSSR count). The molecule has 2 aliphatic heterocycles. The number of hydrogen-bond acceptors (Lipinski definition) is 4. The topological polar surface area (TPSA) is 55.5 Å². The molecule has 0 spiro atoms.